The Morgan fingerprint density at radius 3 is 1.05 bits per heavy atom. The standard InChI is InChI=1S/C81H152N4O22P2.2Na.2H/c1-9-15-21-27-29-31-33-39-45-51-75(90)104-71(49-43-37-25-19-13-5)61-73(88)84-67(63-98-57-53-69(86)47-41-35-23-17-11-3)65-102-108(94,95)100-59-55-82-79(92)77-78(107-81(7,8)106-77)80(93)83-56-60-101-109(96,97)103-66-68(64-99-58-54-70(87)48-42-36-24-18-12-4)85-74(89)62-72(50-44-38-26-20-14-6)105-76(91)52-46-40-34-32-30-28-22-16-10-2;;;;/h31-34,67-72,77-78,86-87H,9-30,35-66H2,1-8H3,(H,82,92)(H,83,93)(H,84,88)(H,85,89)(H,94,95)(H,96,97);;;;/q;2*+1;2*-1/b33-31+,34-32+;;;;/t67?,68?,69-,70-,71-,72-,77+,78+;;;;/m1..../s1. The van der Waals surface area contributed by atoms with E-state index in [0.717, 1.165) is 167 Å². The maximum Gasteiger partial charge on any atom is 1.00 e. The van der Waals surface area contributed by atoms with Crippen molar-refractivity contribution in [2.24, 2.45) is 0 Å². The summed E-state index contributed by atoms with van der Waals surface area (Å²) in [5, 5.41) is 31.9. The van der Waals surface area contributed by atoms with Gasteiger partial charge in [0.05, 0.1) is 76.8 Å². The minimum Gasteiger partial charge on any atom is -1.00 e. The second kappa shape index (κ2) is 73.4. The monoisotopic (exact) mass is 1640 g/mol. The molecule has 0 aromatic carbocycles. The number of amides is 4. The van der Waals surface area contributed by atoms with E-state index >= 15 is 0 Å². The Hall–Kier alpha value is -1.72. The molecule has 0 aromatic heterocycles. The van der Waals surface area contributed by atoms with Crippen LogP contribution in [0.15, 0.2) is 24.3 Å². The summed E-state index contributed by atoms with van der Waals surface area (Å²) in [6.45, 7) is 12.8. The van der Waals surface area contributed by atoms with Gasteiger partial charge in [-0.2, -0.15) is 0 Å². The van der Waals surface area contributed by atoms with Gasteiger partial charge >= 0.3 is 86.7 Å². The van der Waals surface area contributed by atoms with Gasteiger partial charge in [0, 0.05) is 39.1 Å². The van der Waals surface area contributed by atoms with Crippen molar-refractivity contribution in [3.63, 3.8) is 0 Å². The van der Waals surface area contributed by atoms with Gasteiger partial charge in [0.2, 0.25) is 11.8 Å². The number of unbranched alkanes of at least 4 members (excludes halogenated alkanes) is 26. The Labute approximate surface area is 716 Å². The van der Waals surface area contributed by atoms with Crippen molar-refractivity contribution in [1.29, 1.82) is 0 Å². The summed E-state index contributed by atoms with van der Waals surface area (Å²) >= 11 is 0. The van der Waals surface area contributed by atoms with Crippen molar-refractivity contribution in [1.82, 2.24) is 21.3 Å². The molecule has 4 amide bonds. The zero-order chi connectivity index (χ0) is 80.5. The Morgan fingerprint density at radius 1 is 0.414 bits per heavy atom. The molecule has 0 saturated carbocycles. The smallest absolute Gasteiger partial charge is 1.00 e. The molecule has 0 aromatic rings. The summed E-state index contributed by atoms with van der Waals surface area (Å²) < 4.78 is 82.9. The molecule has 1 rings (SSSR count). The number of hydrogen-bond donors (Lipinski definition) is 8. The van der Waals surface area contributed by atoms with E-state index in [0.29, 0.717) is 51.4 Å². The second-order valence-electron chi connectivity index (χ2n) is 29.7. The fraction of sp³-hybridized carbons (Fsp3) is 0.877. The van der Waals surface area contributed by atoms with Gasteiger partial charge in [-0.15, -0.1) is 0 Å². The van der Waals surface area contributed by atoms with Crippen LogP contribution in [-0.2, 0) is 84.4 Å². The van der Waals surface area contributed by atoms with Crippen LogP contribution < -0.4 is 80.4 Å². The average molecular weight is 1640 g/mol. The SMILES string of the molecule is CCCCCC/C=C/CCCC(=O)O[C@H](CCCCCCC)CC(=O)NC(COCC[C@H](O)CCCCCCC)COP(=O)(O)OCCNC(=O)[C@H]1OC(C)(C)O[C@@H]1C(=O)NCCOP(=O)(O)OCC(COCC[C@H](O)CCCCCCC)NC(=O)C[C@@H](CCCCCCC)OC(=O)CCC/C=C/CCCCCC.[H-].[H-].[Na+].[Na+]. The summed E-state index contributed by atoms with van der Waals surface area (Å²) in [7, 11) is -9.74. The summed E-state index contributed by atoms with van der Waals surface area (Å²) in [6, 6.07) is -1.96. The molecule has 1 heterocycles. The summed E-state index contributed by atoms with van der Waals surface area (Å²) in [5.41, 5.74) is 0. The van der Waals surface area contributed by atoms with Gasteiger partial charge in [0.15, 0.2) is 18.0 Å². The van der Waals surface area contributed by atoms with E-state index in [2.05, 4.69) is 87.1 Å². The van der Waals surface area contributed by atoms with Gasteiger partial charge in [-0.05, 0) is 117 Å². The molecule has 111 heavy (non-hydrogen) atoms. The van der Waals surface area contributed by atoms with Crippen LogP contribution in [0.4, 0.5) is 0 Å². The summed E-state index contributed by atoms with van der Waals surface area (Å²) in [6.07, 6.45) is 39.9. The van der Waals surface area contributed by atoms with E-state index in [1.807, 2.05) is 0 Å². The topological polar surface area (TPSA) is 358 Å². The van der Waals surface area contributed by atoms with Crippen molar-refractivity contribution < 1.29 is 166 Å². The molecular weight excluding hydrogens is 1490 g/mol. The van der Waals surface area contributed by atoms with E-state index in [1.165, 1.54) is 52.4 Å². The van der Waals surface area contributed by atoms with E-state index in [1.54, 1.807) is 0 Å². The van der Waals surface area contributed by atoms with Crippen LogP contribution in [0, 0.1) is 0 Å². The molecule has 30 heteroatoms. The van der Waals surface area contributed by atoms with Crippen LogP contribution in [0.25, 0.3) is 0 Å². The molecule has 0 radical (unpaired) electrons. The molecule has 1 fully saturated rings. The number of carbonyl (C=O) groups is 6. The van der Waals surface area contributed by atoms with Gasteiger partial charge in [-0.25, -0.2) is 9.13 Å². The van der Waals surface area contributed by atoms with Crippen LogP contribution in [0.5, 0.6) is 0 Å². The van der Waals surface area contributed by atoms with Gasteiger partial charge < -0.3 is 72.5 Å². The Balaban J connectivity index is -0.0000149. The van der Waals surface area contributed by atoms with Gasteiger partial charge in [0.25, 0.3) is 11.8 Å². The summed E-state index contributed by atoms with van der Waals surface area (Å²) in [5.74, 6) is -4.91. The Bertz CT molecular complexity index is 2350. The van der Waals surface area contributed by atoms with E-state index in [9.17, 15) is 57.9 Å². The maximum absolute atomic E-state index is 13.7. The van der Waals surface area contributed by atoms with Crippen LogP contribution in [0.2, 0.25) is 0 Å². The number of esters is 2. The fourth-order valence-electron chi connectivity index (χ4n) is 12.3. The molecule has 642 valence electrons. The average Bonchev–Trinajstić information content (AvgIpc) is 1.66. The third kappa shape index (κ3) is 65.9. The molecule has 1 aliphatic heterocycles. The third-order valence-electron chi connectivity index (χ3n) is 18.6. The predicted molar refractivity (Wildman–Crippen MR) is 428 cm³/mol. The first-order valence-corrected chi connectivity index (χ1v) is 45.3. The van der Waals surface area contributed by atoms with E-state index in [4.69, 9.17) is 46.5 Å². The number of ether oxygens (including phenoxy) is 6. The number of phosphoric acid groups is 2. The number of rotatable bonds is 76. The zero-order valence-electron chi connectivity index (χ0n) is 72.6. The fourth-order valence-corrected chi connectivity index (χ4v) is 13.8. The molecule has 1 aliphatic rings. The minimum atomic E-state index is -4.87. The van der Waals surface area contributed by atoms with Crippen molar-refractivity contribution in [2.45, 2.75) is 392 Å². The molecule has 0 bridgehead atoms. The minimum absolute atomic E-state index is 0. The molecule has 0 aliphatic carbocycles. The quantitative estimate of drug-likeness (QED) is 0.00922. The molecule has 8 N–H and O–H groups in total. The first kappa shape index (κ1) is 111. The molecule has 0 spiro atoms. The number of phosphoric ester groups is 2. The van der Waals surface area contributed by atoms with Crippen LogP contribution in [-0.4, -0.2) is 176 Å². The molecule has 4 unspecified atom stereocenters. The molecule has 10 atom stereocenters. The number of carbonyl (C=O) groups excluding carboxylic acids is 6. The van der Waals surface area contributed by atoms with Gasteiger partial charge in [-0.3, -0.25) is 46.9 Å². The number of allylic oxidation sites excluding steroid dienone is 4. The van der Waals surface area contributed by atoms with Crippen LogP contribution in [0.3, 0.4) is 0 Å². The van der Waals surface area contributed by atoms with Crippen molar-refractivity contribution in [3.8, 4) is 0 Å². The van der Waals surface area contributed by atoms with Crippen LogP contribution in [0.1, 0.15) is 341 Å². The third-order valence-corrected chi connectivity index (χ3v) is 20.6. The van der Waals surface area contributed by atoms with Crippen molar-refractivity contribution in [2.75, 3.05) is 65.9 Å². The number of nitrogens with one attached hydrogen (secondary N) is 4. The second-order valence-corrected chi connectivity index (χ2v) is 32.6. The van der Waals surface area contributed by atoms with Gasteiger partial charge in [-0.1, -0.05) is 220 Å². The van der Waals surface area contributed by atoms with Crippen molar-refractivity contribution in [3.05, 3.63) is 24.3 Å². The van der Waals surface area contributed by atoms with E-state index in [-0.39, 0.29) is 127 Å². The van der Waals surface area contributed by atoms with Crippen LogP contribution >= 0.6 is 15.6 Å². The Kier molecular flexibility index (Phi) is 73.6. The maximum atomic E-state index is 13.7. The molecule has 26 nitrogen and oxygen atoms in total. The van der Waals surface area contributed by atoms with E-state index < -0.39 is 132 Å². The zero-order valence-corrected chi connectivity index (χ0v) is 76.4. The molecular formula is C81H154N4Na2O22P2. The predicted octanol–water partition coefficient (Wildman–Crippen LogP) is 10.2. The first-order valence-electron chi connectivity index (χ1n) is 42.4. The first-order chi connectivity index (χ1) is 52.4. The Morgan fingerprint density at radius 2 is 0.721 bits per heavy atom. The largest absolute Gasteiger partial charge is 1.00 e. The summed E-state index contributed by atoms with van der Waals surface area (Å²) in [4.78, 5) is 103. The van der Waals surface area contributed by atoms with Gasteiger partial charge in [0.1, 0.15) is 12.2 Å². The number of hydrogen-bond acceptors (Lipinski definition) is 20. The normalized spacial score (nSPS) is 16.8. The number of aliphatic hydroxyl groups is 2. The number of aliphatic hydroxyl groups excluding tert-OH is 2. The molecule has 1 saturated heterocycles. The van der Waals surface area contributed by atoms with Crippen molar-refractivity contribution >= 4 is 51.2 Å².